The van der Waals surface area contributed by atoms with Gasteiger partial charge in [-0.05, 0) is 71.3 Å². The molecule has 9 heteroatoms. The van der Waals surface area contributed by atoms with E-state index < -0.39 is 11.1 Å². The fraction of sp³-hybridized carbons (Fsp3) is 0.179. The largest absolute Gasteiger partial charge is 0.488 e. The van der Waals surface area contributed by atoms with E-state index in [1.165, 1.54) is 5.56 Å². The Bertz CT molecular complexity index is 1410. The van der Waals surface area contributed by atoms with Gasteiger partial charge in [-0.15, -0.1) is 0 Å². The Kier molecular flexibility index (Phi) is 7.83. The van der Waals surface area contributed by atoms with Gasteiger partial charge in [0.2, 0.25) is 5.91 Å². The smallest absolute Gasteiger partial charge is 0.294 e. The number of rotatable bonds is 6. The maximum absolute atomic E-state index is 13.1. The van der Waals surface area contributed by atoms with Gasteiger partial charge in [0.25, 0.3) is 11.1 Å². The molecule has 1 saturated heterocycles. The second-order valence-electron chi connectivity index (χ2n) is 8.70. The van der Waals surface area contributed by atoms with Crippen LogP contribution in [0.25, 0.3) is 6.08 Å². The molecule has 0 bridgehead atoms. The van der Waals surface area contributed by atoms with Gasteiger partial charge in [0, 0.05) is 27.6 Å². The second-order valence-corrected chi connectivity index (χ2v) is 11.5. The minimum atomic E-state index is -0.473. The number of fused-ring (bicyclic) bond motifs is 1. The fourth-order valence-electron chi connectivity index (χ4n) is 4.23. The average Bonchev–Trinajstić information content (AvgIpc) is 3.16. The van der Waals surface area contributed by atoms with Crippen LogP contribution in [0.1, 0.15) is 22.3 Å². The number of carbonyl (C=O) groups excluding carboxylic acids is 3. The number of hydrogen-bond donors (Lipinski definition) is 0. The van der Waals surface area contributed by atoms with E-state index in [2.05, 4.69) is 37.9 Å². The maximum Gasteiger partial charge on any atom is 0.294 e. The van der Waals surface area contributed by atoms with Crippen molar-refractivity contribution >= 4 is 66.8 Å². The van der Waals surface area contributed by atoms with Crippen molar-refractivity contribution < 1.29 is 19.1 Å². The summed E-state index contributed by atoms with van der Waals surface area (Å²) in [6.45, 7) is 1.14. The number of benzene rings is 3. The lowest BCUT2D eigenvalue weighted by Crippen LogP contribution is -2.44. The Morgan fingerprint density at radius 2 is 1.70 bits per heavy atom. The van der Waals surface area contributed by atoms with Gasteiger partial charge in [-0.1, -0.05) is 68.3 Å². The zero-order valence-electron chi connectivity index (χ0n) is 19.7. The molecule has 0 aliphatic carbocycles. The highest BCUT2D eigenvalue weighted by molar-refractivity contribution is 9.10. The summed E-state index contributed by atoms with van der Waals surface area (Å²) in [5.74, 6) is -0.125. The molecular weight excluding hydrogens is 620 g/mol. The lowest BCUT2D eigenvalue weighted by molar-refractivity contribution is -0.136. The van der Waals surface area contributed by atoms with E-state index >= 15 is 0 Å². The molecule has 0 aromatic heterocycles. The number of imide groups is 1. The average molecular weight is 642 g/mol. The molecule has 2 aliphatic heterocycles. The molecule has 0 spiro atoms. The van der Waals surface area contributed by atoms with Crippen LogP contribution in [0, 0.1) is 0 Å². The summed E-state index contributed by atoms with van der Waals surface area (Å²) in [7, 11) is 0. The molecule has 3 aromatic rings. The molecule has 0 N–H and O–H groups in total. The van der Waals surface area contributed by atoms with Crippen LogP contribution in [0.2, 0.25) is 0 Å². The van der Waals surface area contributed by atoms with Crippen LogP contribution >= 0.6 is 43.6 Å². The molecule has 0 atom stereocenters. The Morgan fingerprint density at radius 1 is 0.973 bits per heavy atom. The third-order valence-corrected chi connectivity index (χ3v) is 8.15. The third-order valence-electron chi connectivity index (χ3n) is 6.22. The number of nitrogens with zero attached hydrogens (tertiary/aromatic N) is 2. The van der Waals surface area contributed by atoms with Crippen molar-refractivity contribution in [3.63, 3.8) is 0 Å². The summed E-state index contributed by atoms with van der Waals surface area (Å²) in [6, 6.07) is 21.3. The van der Waals surface area contributed by atoms with E-state index in [-0.39, 0.29) is 17.4 Å². The van der Waals surface area contributed by atoms with Crippen LogP contribution in [0.15, 0.2) is 80.6 Å². The molecule has 0 radical (unpaired) electrons. The van der Waals surface area contributed by atoms with Gasteiger partial charge in [-0.25, -0.2) is 0 Å². The minimum Gasteiger partial charge on any atom is -0.488 e. The Morgan fingerprint density at radius 3 is 2.49 bits per heavy atom. The third kappa shape index (κ3) is 6.00. The zero-order valence-corrected chi connectivity index (χ0v) is 23.6. The first kappa shape index (κ1) is 25.8. The number of carbonyl (C=O) groups is 3. The van der Waals surface area contributed by atoms with Crippen molar-refractivity contribution in [2.24, 2.45) is 0 Å². The number of halogens is 2. The van der Waals surface area contributed by atoms with Crippen LogP contribution in [-0.2, 0) is 29.2 Å². The summed E-state index contributed by atoms with van der Waals surface area (Å²) < 4.78 is 7.83. The van der Waals surface area contributed by atoms with Crippen molar-refractivity contribution in [1.82, 2.24) is 9.80 Å². The van der Waals surface area contributed by atoms with Crippen LogP contribution < -0.4 is 4.74 Å². The first-order valence-corrected chi connectivity index (χ1v) is 14.0. The van der Waals surface area contributed by atoms with Crippen molar-refractivity contribution in [2.45, 2.75) is 19.6 Å². The SMILES string of the molecule is O=C(CN1C(=O)S/C(=C\c2cc(Br)ccc2OCc2ccc(Br)cc2)C1=O)N1CCc2ccccc2C1. The van der Waals surface area contributed by atoms with E-state index in [4.69, 9.17) is 4.74 Å². The van der Waals surface area contributed by atoms with E-state index in [1.54, 1.807) is 11.0 Å². The molecule has 0 saturated carbocycles. The van der Waals surface area contributed by atoms with Crippen LogP contribution in [0.4, 0.5) is 4.79 Å². The van der Waals surface area contributed by atoms with E-state index in [0.29, 0.717) is 31.0 Å². The highest BCUT2D eigenvalue weighted by Gasteiger charge is 2.37. The molecule has 5 rings (SSSR count). The zero-order chi connectivity index (χ0) is 25.9. The van der Waals surface area contributed by atoms with Crippen molar-refractivity contribution in [3.05, 3.63) is 103 Å². The molecule has 2 heterocycles. The quantitative estimate of drug-likeness (QED) is 0.291. The monoisotopic (exact) mass is 640 g/mol. The maximum atomic E-state index is 13.1. The summed E-state index contributed by atoms with van der Waals surface area (Å²) in [6.07, 6.45) is 2.41. The highest BCUT2D eigenvalue weighted by Crippen LogP contribution is 2.35. The molecule has 3 aromatic carbocycles. The first-order chi connectivity index (χ1) is 17.9. The van der Waals surface area contributed by atoms with Gasteiger partial charge < -0.3 is 9.64 Å². The van der Waals surface area contributed by atoms with Gasteiger partial charge in [0.1, 0.15) is 18.9 Å². The van der Waals surface area contributed by atoms with E-state index in [9.17, 15) is 14.4 Å². The van der Waals surface area contributed by atoms with E-state index in [1.807, 2.05) is 60.7 Å². The van der Waals surface area contributed by atoms with Gasteiger partial charge in [-0.3, -0.25) is 19.3 Å². The van der Waals surface area contributed by atoms with Gasteiger partial charge >= 0.3 is 0 Å². The Balaban J connectivity index is 1.29. The molecule has 37 heavy (non-hydrogen) atoms. The molecule has 188 valence electrons. The van der Waals surface area contributed by atoms with Crippen molar-refractivity contribution in [1.29, 1.82) is 0 Å². The molecule has 6 nitrogen and oxygen atoms in total. The normalized spacial score (nSPS) is 16.3. The summed E-state index contributed by atoms with van der Waals surface area (Å²) in [5, 5.41) is -0.450. The molecule has 2 aliphatic rings. The molecular formula is C28H22Br2N2O4S. The van der Waals surface area contributed by atoms with Crippen LogP contribution in [-0.4, -0.2) is 39.9 Å². The Labute approximate surface area is 235 Å². The standard InChI is InChI=1S/C28H22Br2N2O4S/c29-22-7-5-18(6-8-22)17-36-24-10-9-23(30)13-21(24)14-25-27(34)32(28(35)37-25)16-26(33)31-12-11-19-3-1-2-4-20(19)15-31/h1-10,13-14H,11-12,15-17H2/b25-14-. The lowest BCUT2D eigenvalue weighted by atomic mass is 10.00. The summed E-state index contributed by atoms with van der Waals surface area (Å²) >= 11 is 7.73. The number of hydrogen-bond acceptors (Lipinski definition) is 5. The minimum absolute atomic E-state index is 0.237. The number of ether oxygens (including phenoxy) is 1. The highest BCUT2D eigenvalue weighted by atomic mass is 79.9. The van der Waals surface area contributed by atoms with Crippen LogP contribution in [0.5, 0.6) is 5.75 Å². The predicted octanol–water partition coefficient (Wildman–Crippen LogP) is 6.41. The number of amides is 3. The first-order valence-electron chi connectivity index (χ1n) is 11.6. The fourth-order valence-corrected chi connectivity index (χ4v) is 5.70. The lowest BCUT2D eigenvalue weighted by Gasteiger charge is -2.29. The summed E-state index contributed by atoms with van der Waals surface area (Å²) in [4.78, 5) is 41.8. The second kappa shape index (κ2) is 11.2. The molecule has 0 unspecified atom stereocenters. The summed E-state index contributed by atoms with van der Waals surface area (Å²) in [5.41, 5.74) is 3.99. The van der Waals surface area contributed by atoms with Gasteiger partial charge in [0.15, 0.2) is 0 Å². The van der Waals surface area contributed by atoms with Crippen molar-refractivity contribution in [2.75, 3.05) is 13.1 Å². The Hall–Kier alpha value is -2.88. The van der Waals surface area contributed by atoms with Gasteiger partial charge in [0.05, 0.1) is 4.91 Å². The topological polar surface area (TPSA) is 66.9 Å². The predicted molar refractivity (Wildman–Crippen MR) is 151 cm³/mol. The van der Waals surface area contributed by atoms with Gasteiger partial charge in [-0.2, -0.15) is 0 Å². The van der Waals surface area contributed by atoms with E-state index in [0.717, 1.165) is 43.2 Å². The van der Waals surface area contributed by atoms with Crippen molar-refractivity contribution in [3.8, 4) is 5.75 Å². The number of thioether (sulfide) groups is 1. The molecule has 3 amide bonds. The molecule has 1 fully saturated rings. The van der Waals surface area contributed by atoms with Crippen LogP contribution in [0.3, 0.4) is 0 Å².